The predicted molar refractivity (Wildman–Crippen MR) is 48.0 cm³/mol. The predicted octanol–water partition coefficient (Wildman–Crippen LogP) is 2.39. The van der Waals surface area contributed by atoms with Crippen molar-refractivity contribution in [3.8, 4) is 5.75 Å². The Hall–Kier alpha value is -1.16. The molecule has 5 heteroatoms. The zero-order valence-electron chi connectivity index (χ0n) is 7.31. The van der Waals surface area contributed by atoms with Crippen molar-refractivity contribution in [1.29, 1.82) is 0 Å². The van der Waals surface area contributed by atoms with Crippen LogP contribution in [-0.4, -0.2) is 18.8 Å². The van der Waals surface area contributed by atoms with E-state index in [-0.39, 0.29) is 11.4 Å². The minimum atomic E-state index is -1.18. The molecule has 0 aromatic heterocycles. The van der Waals surface area contributed by atoms with Crippen molar-refractivity contribution in [3.05, 3.63) is 29.3 Å². The van der Waals surface area contributed by atoms with Gasteiger partial charge >= 0.3 is 0 Å². The third kappa shape index (κ3) is 1.85. The molecule has 0 saturated carbocycles. The summed E-state index contributed by atoms with van der Waals surface area (Å²) in [5.41, 5.74) is -0.0543. The highest BCUT2D eigenvalue weighted by Crippen LogP contribution is 2.25. The number of rotatable bonds is 3. The van der Waals surface area contributed by atoms with Gasteiger partial charge in [0.25, 0.3) is 0 Å². The van der Waals surface area contributed by atoms with Gasteiger partial charge in [-0.05, 0) is 12.1 Å². The first-order valence-electron chi connectivity index (χ1n) is 3.73. The monoisotopic (exact) mass is 220 g/mol. The van der Waals surface area contributed by atoms with Crippen LogP contribution < -0.4 is 4.74 Å². The van der Waals surface area contributed by atoms with Gasteiger partial charge in [-0.3, -0.25) is 4.79 Å². The molecule has 2 nitrogen and oxygen atoms in total. The zero-order chi connectivity index (χ0) is 10.7. The maximum Gasteiger partial charge on any atom is 0.201 e. The van der Waals surface area contributed by atoms with E-state index in [1.807, 2.05) is 0 Å². The first kappa shape index (κ1) is 10.9. The highest BCUT2D eigenvalue weighted by molar-refractivity contribution is 6.30. The molecule has 1 aromatic rings. The van der Waals surface area contributed by atoms with Gasteiger partial charge in [0.2, 0.25) is 5.82 Å². The number of Topliss-reactive ketones (excluding diaryl/α,β-unsaturated/α-hetero) is 1. The molecule has 14 heavy (non-hydrogen) atoms. The number of hydrogen-bond acceptors (Lipinski definition) is 2. The Balaban J connectivity index is 3.31. The molecule has 76 valence electrons. The van der Waals surface area contributed by atoms with Crippen molar-refractivity contribution in [2.45, 2.75) is 0 Å². The van der Waals surface area contributed by atoms with Gasteiger partial charge in [0.1, 0.15) is 0 Å². The molecule has 0 saturated heterocycles. The molecule has 0 aliphatic rings. The number of hydrogen-bond donors (Lipinski definition) is 0. The van der Waals surface area contributed by atoms with E-state index >= 15 is 0 Å². The van der Waals surface area contributed by atoms with Crippen molar-refractivity contribution in [3.63, 3.8) is 0 Å². The molecule has 0 N–H and O–H groups in total. The molecule has 0 aliphatic heterocycles. The Labute approximate surface area is 84.4 Å². The van der Waals surface area contributed by atoms with Crippen LogP contribution in [0.2, 0.25) is 0 Å². The molecule has 0 spiro atoms. The summed E-state index contributed by atoms with van der Waals surface area (Å²) >= 11 is 5.29. The van der Waals surface area contributed by atoms with Gasteiger partial charge in [0.05, 0.1) is 18.6 Å². The van der Waals surface area contributed by atoms with Crippen molar-refractivity contribution in [2.24, 2.45) is 0 Å². The summed E-state index contributed by atoms with van der Waals surface area (Å²) in [5.74, 6) is -3.46. The number of ether oxygens (including phenoxy) is 1. The van der Waals surface area contributed by atoms with E-state index in [1.165, 1.54) is 0 Å². The smallest absolute Gasteiger partial charge is 0.201 e. The average molecular weight is 221 g/mol. The fourth-order valence-corrected chi connectivity index (χ4v) is 1.17. The van der Waals surface area contributed by atoms with Crippen LogP contribution in [0, 0.1) is 11.6 Å². The fraction of sp³-hybridized carbons (Fsp3) is 0.222. The number of halogens is 3. The summed E-state index contributed by atoms with van der Waals surface area (Å²) in [4.78, 5) is 11.2. The molecule has 0 unspecified atom stereocenters. The Morgan fingerprint density at radius 2 is 2.14 bits per heavy atom. The lowest BCUT2D eigenvalue weighted by Gasteiger charge is -2.07. The SMILES string of the molecule is COc1c(C(=O)CCl)ccc(F)c1F. The second kappa shape index (κ2) is 4.37. The van der Waals surface area contributed by atoms with E-state index in [9.17, 15) is 13.6 Å². The van der Waals surface area contributed by atoms with Gasteiger partial charge in [0.15, 0.2) is 17.3 Å². The second-order valence-corrected chi connectivity index (χ2v) is 2.77. The van der Waals surface area contributed by atoms with Gasteiger partial charge in [-0.15, -0.1) is 11.6 Å². The van der Waals surface area contributed by atoms with Gasteiger partial charge < -0.3 is 4.74 Å². The van der Waals surface area contributed by atoms with Crippen LogP contribution in [0.15, 0.2) is 12.1 Å². The summed E-state index contributed by atoms with van der Waals surface area (Å²) < 4.78 is 30.4. The number of alkyl halides is 1. The Morgan fingerprint density at radius 1 is 1.50 bits per heavy atom. The average Bonchev–Trinajstić information content (AvgIpc) is 2.20. The third-order valence-corrected chi connectivity index (χ3v) is 1.92. The maximum atomic E-state index is 13.1. The number of carbonyl (C=O) groups is 1. The quantitative estimate of drug-likeness (QED) is 0.578. The molecular weight excluding hydrogens is 214 g/mol. The van der Waals surface area contributed by atoms with E-state index in [1.54, 1.807) is 0 Å². The van der Waals surface area contributed by atoms with Gasteiger partial charge in [-0.2, -0.15) is 4.39 Å². The summed E-state index contributed by atoms with van der Waals surface area (Å²) in [5, 5.41) is 0. The van der Waals surface area contributed by atoms with Gasteiger partial charge in [0, 0.05) is 0 Å². The molecule has 0 fully saturated rings. The minimum absolute atomic E-state index is 0.0543. The maximum absolute atomic E-state index is 13.1. The Bertz CT molecular complexity index is 366. The summed E-state index contributed by atoms with van der Waals surface area (Å²) in [6.07, 6.45) is 0. The molecule has 1 aromatic carbocycles. The van der Waals surface area contributed by atoms with Gasteiger partial charge in [-0.1, -0.05) is 0 Å². The molecule has 0 amide bonds. The van der Waals surface area contributed by atoms with Crippen LogP contribution in [0.4, 0.5) is 8.78 Å². The lowest BCUT2D eigenvalue weighted by molar-refractivity contribution is 0.101. The van der Waals surface area contributed by atoms with E-state index in [4.69, 9.17) is 11.6 Å². The van der Waals surface area contributed by atoms with Crippen molar-refractivity contribution in [2.75, 3.05) is 13.0 Å². The fourth-order valence-electron chi connectivity index (χ4n) is 1.02. The third-order valence-electron chi connectivity index (χ3n) is 1.68. The van der Waals surface area contributed by atoms with E-state index < -0.39 is 23.2 Å². The zero-order valence-corrected chi connectivity index (χ0v) is 8.07. The van der Waals surface area contributed by atoms with Gasteiger partial charge in [-0.25, -0.2) is 4.39 Å². The second-order valence-electron chi connectivity index (χ2n) is 2.50. The van der Waals surface area contributed by atoms with Crippen molar-refractivity contribution < 1.29 is 18.3 Å². The van der Waals surface area contributed by atoms with Crippen LogP contribution in [0.1, 0.15) is 10.4 Å². The number of benzene rings is 1. The van der Waals surface area contributed by atoms with E-state index in [0.29, 0.717) is 0 Å². The number of carbonyl (C=O) groups excluding carboxylic acids is 1. The van der Waals surface area contributed by atoms with Crippen LogP contribution in [0.5, 0.6) is 5.75 Å². The molecule has 0 atom stereocenters. The molecule has 1 rings (SSSR count). The lowest BCUT2D eigenvalue weighted by atomic mass is 10.1. The summed E-state index contributed by atoms with van der Waals surface area (Å²) in [6.45, 7) is 0. The topological polar surface area (TPSA) is 26.3 Å². The molecular formula is C9H7ClF2O2. The summed E-state index contributed by atoms with van der Waals surface area (Å²) in [7, 11) is 1.16. The van der Waals surface area contributed by atoms with Crippen LogP contribution >= 0.6 is 11.6 Å². The molecule has 0 heterocycles. The largest absolute Gasteiger partial charge is 0.493 e. The highest BCUT2D eigenvalue weighted by Gasteiger charge is 2.18. The standard InChI is InChI=1S/C9H7ClF2O2/c1-14-9-5(7(13)4-10)2-3-6(11)8(9)12/h2-3H,4H2,1H3. The van der Waals surface area contributed by atoms with Crippen LogP contribution in [-0.2, 0) is 0 Å². The highest BCUT2D eigenvalue weighted by atomic mass is 35.5. The first-order valence-corrected chi connectivity index (χ1v) is 4.26. The minimum Gasteiger partial charge on any atom is -0.493 e. The number of methoxy groups -OCH3 is 1. The lowest BCUT2D eigenvalue weighted by Crippen LogP contribution is -2.06. The van der Waals surface area contributed by atoms with E-state index in [0.717, 1.165) is 19.2 Å². The molecule has 0 bridgehead atoms. The summed E-state index contributed by atoms with van der Waals surface area (Å²) in [6, 6.07) is 2.00. The molecule has 0 aliphatic carbocycles. The Morgan fingerprint density at radius 3 is 2.64 bits per heavy atom. The number of ketones is 1. The van der Waals surface area contributed by atoms with Crippen molar-refractivity contribution >= 4 is 17.4 Å². The first-order chi connectivity index (χ1) is 6.61. The molecule has 0 radical (unpaired) electrons. The van der Waals surface area contributed by atoms with Crippen LogP contribution in [0.3, 0.4) is 0 Å². The van der Waals surface area contributed by atoms with E-state index in [2.05, 4.69) is 4.74 Å². The van der Waals surface area contributed by atoms with Crippen LogP contribution in [0.25, 0.3) is 0 Å². The Kier molecular flexibility index (Phi) is 3.41. The normalized spacial score (nSPS) is 10.0. The van der Waals surface area contributed by atoms with Crippen molar-refractivity contribution in [1.82, 2.24) is 0 Å².